The van der Waals surface area contributed by atoms with Crippen LogP contribution in [0.1, 0.15) is 59.8 Å². The fourth-order valence-corrected chi connectivity index (χ4v) is 4.43. The Kier molecular flexibility index (Phi) is 7.58. The molecule has 1 aliphatic carbocycles. The van der Waals surface area contributed by atoms with Crippen molar-refractivity contribution >= 4 is 17.5 Å². The quantitative estimate of drug-likeness (QED) is 0.527. The number of benzene rings is 2. The first-order valence-corrected chi connectivity index (χ1v) is 11.8. The fourth-order valence-electron chi connectivity index (χ4n) is 4.43. The lowest BCUT2D eigenvalue weighted by Gasteiger charge is -2.33. The van der Waals surface area contributed by atoms with Crippen molar-refractivity contribution in [2.24, 2.45) is 0 Å². The van der Waals surface area contributed by atoms with Crippen molar-refractivity contribution in [2.45, 2.75) is 51.1 Å². The van der Waals surface area contributed by atoms with E-state index in [9.17, 15) is 9.59 Å². The highest BCUT2D eigenvalue weighted by molar-refractivity contribution is 6.09. The maximum Gasteiger partial charge on any atom is 0.277 e. The van der Waals surface area contributed by atoms with Crippen LogP contribution < -0.4 is 15.0 Å². The Hall–Kier alpha value is -3.67. The number of amides is 2. The summed E-state index contributed by atoms with van der Waals surface area (Å²) in [7, 11) is 1.60. The zero-order valence-corrected chi connectivity index (χ0v) is 19.7. The van der Waals surface area contributed by atoms with E-state index in [0.717, 1.165) is 31.2 Å². The van der Waals surface area contributed by atoms with Gasteiger partial charge in [0.2, 0.25) is 5.91 Å². The molecule has 6 nitrogen and oxygen atoms in total. The van der Waals surface area contributed by atoms with E-state index < -0.39 is 6.04 Å². The smallest absolute Gasteiger partial charge is 0.277 e. The number of carbonyl (C=O) groups excluding carboxylic acids is 2. The topological polar surface area (TPSA) is 71.5 Å². The SMILES string of the molecule is COc1ccc([C@@H](C(=O)NC2CCCCC2)N(C(=O)c2ccccn2)c2ccc(C)cc2)cc1. The summed E-state index contributed by atoms with van der Waals surface area (Å²) in [5.41, 5.74) is 2.70. The highest BCUT2D eigenvalue weighted by Crippen LogP contribution is 2.31. The van der Waals surface area contributed by atoms with Gasteiger partial charge in [0.15, 0.2) is 0 Å². The van der Waals surface area contributed by atoms with Gasteiger partial charge in [-0.15, -0.1) is 0 Å². The number of aromatic nitrogens is 1. The van der Waals surface area contributed by atoms with E-state index in [1.54, 1.807) is 36.4 Å². The number of nitrogens with one attached hydrogen (secondary N) is 1. The van der Waals surface area contributed by atoms with Crippen molar-refractivity contribution in [3.05, 3.63) is 89.7 Å². The summed E-state index contributed by atoms with van der Waals surface area (Å²) >= 11 is 0. The largest absolute Gasteiger partial charge is 0.497 e. The summed E-state index contributed by atoms with van der Waals surface area (Å²) in [5, 5.41) is 3.23. The number of aryl methyl sites for hydroxylation is 1. The molecule has 0 spiro atoms. The minimum atomic E-state index is -0.856. The molecule has 1 atom stereocenters. The Balaban J connectivity index is 1.79. The standard InChI is InChI=1S/C28H31N3O3/c1-20-11-15-23(16-12-20)31(28(33)25-10-6-7-19-29-25)26(21-13-17-24(34-2)18-14-21)27(32)30-22-8-4-3-5-9-22/h6-7,10-19,22,26H,3-5,8-9H2,1-2H3,(H,30,32)/t26-/m0/s1. The van der Waals surface area contributed by atoms with Crippen LogP contribution in [0.4, 0.5) is 5.69 Å². The normalized spacial score (nSPS) is 14.8. The average molecular weight is 458 g/mol. The fraction of sp³-hybridized carbons (Fsp3) is 0.321. The second-order valence-corrected chi connectivity index (χ2v) is 8.74. The summed E-state index contributed by atoms with van der Waals surface area (Å²) < 4.78 is 5.31. The molecule has 2 amide bonds. The maximum absolute atomic E-state index is 13.8. The number of hydrogen-bond acceptors (Lipinski definition) is 4. The zero-order chi connectivity index (χ0) is 23.9. The number of rotatable bonds is 7. The third kappa shape index (κ3) is 5.45. The lowest BCUT2D eigenvalue weighted by Crippen LogP contribution is -2.47. The van der Waals surface area contributed by atoms with E-state index in [1.165, 1.54) is 6.42 Å². The van der Waals surface area contributed by atoms with Gasteiger partial charge < -0.3 is 10.1 Å². The van der Waals surface area contributed by atoms with Gasteiger partial charge in [-0.2, -0.15) is 0 Å². The van der Waals surface area contributed by atoms with Gasteiger partial charge >= 0.3 is 0 Å². The molecule has 3 aromatic rings. The van der Waals surface area contributed by atoms with Gasteiger partial charge in [-0.05, 0) is 61.7 Å². The maximum atomic E-state index is 13.8. The lowest BCUT2D eigenvalue weighted by molar-refractivity contribution is -0.123. The van der Waals surface area contributed by atoms with Crippen molar-refractivity contribution in [1.29, 1.82) is 0 Å². The highest BCUT2D eigenvalue weighted by atomic mass is 16.5. The number of ether oxygens (including phenoxy) is 1. The Morgan fingerprint density at radius 1 is 0.971 bits per heavy atom. The second-order valence-electron chi connectivity index (χ2n) is 8.74. The second kappa shape index (κ2) is 11.0. The minimum Gasteiger partial charge on any atom is -0.497 e. The van der Waals surface area contributed by atoms with E-state index in [2.05, 4.69) is 10.3 Å². The van der Waals surface area contributed by atoms with Gasteiger partial charge in [0.1, 0.15) is 17.5 Å². The van der Waals surface area contributed by atoms with Gasteiger partial charge in [-0.1, -0.05) is 55.2 Å². The Bertz CT molecular complexity index is 1090. The predicted molar refractivity (Wildman–Crippen MR) is 133 cm³/mol. The molecule has 6 heteroatoms. The third-order valence-electron chi connectivity index (χ3n) is 6.30. The summed E-state index contributed by atoms with van der Waals surface area (Å²) in [5.74, 6) is 0.166. The van der Waals surface area contributed by atoms with Gasteiger partial charge in [0.05, 0.1) is 7.11 Å². The Labute approximate surface area is 201 Å². The Morgan fingerprint density at radius 3 is 2.29 bits per heavy atom. The molecule has 0 saturated heterocycles. The monoisotopic (exact) mass is 457 g/mol. The molecule has 34 heavy (non-hydrogen) atoms. The molecule has 0 unspecified atom stereocenters. The molecular formula is C28H31N3O3. The first-order chi connectivity index (χ1) is 16.6. The minimum absolute atomic E-state index is 0.117. The summed E-state index contributed by atoms with van der Waals surface area (Å²) in [6.45, 7) is 1.99. The average Bonchev–Trinajstić information content (AvgIpc) is 2.89. The van der Waals surface area contributed by atoms with Gasteiger partial charge in [0.25, 0.3) is 5.91 Å². The van der Waals surface area contributed by atoms with Crippen LogP contribution in [0, 0.1) is 6.92 Å². The van der Waals surface area contributed by atoms with Crippen LogP contribution in [0.3, 0.4) is 0 Å². The third-order valence-corrected chi connectivity index (χ3v) is 6.30. The van der Waals surface area contributed by atoms with Crippen LogP contribution in [0.15, 0.2) is 72.9 Å². The number of anilines is 1. The predicted octanol–water partition coefficient (Wildman–Crippen LogP) is 5.24. The molecule has 1 N–H and O–H groups in total. The molecule has 176 valence electrons. The zero-order valence-electron chi connectivity index (χ0n) is 19.7. The number of hydrogen-bond donors (Lipinski definition) is 1. The van der Waals surface area contributed by atoms with Gasteiger partial charge in [-0.25, -0.2) is 0 Å². The molecular weight excluding hydrogens is 426 g/mol. The number of carbonyl (C=O) groups is 2. The molecule has 2 aromatic carbocycles. The summed E-state index contributed by atoms with van der Waals surface area (Å²) in [6, 6.07) is 19.4. The van der Waals surface area contributed by atoms with E-state index in [0.29, 0.717) is 17.0 Å². The van der Waals surface area contributed by atoms with E-state index >= 15 is 0 Å². The number of methoxy groups -OCH3 is 1. The van der Waals surface area contributed by atoms with Crippen LogP contribution in [-0.2, 0) is 4.79 Å². The van der Waals surface area contributed by atoms with Crippen LogP contribution in [0.5, 0.6) is 5.75 Å². The number of pyridine rings is 1. The summed E-state index contributed by atoms with van der Waals surface area (Å²) in [4.78, 5) is 33.5. The van der Waals surface area contributed by atoms with Crippen LogP contribution in [0.2, 0.25) is 0 Å². The van der Waals surface area contributed by atoms with Crippen LogP contribution >= 0.6 is 0 Å². The molecule has 1 saturated carbocycles. The van der Waals surface area contributed by atoms with E-state index in [4.69, 9.17) is 4.74 Å². The van der Waals surface area contributed by atoms with Gasteiger partial charge in [-0.3, -0.25) is 19.5 Å². The number of nitrogens with zero attached hydrogens (tertiary/aromatic N) is 2. The van der Waals surface area contributed by atoms with Crippen molar-refractivity contribution in [1.82, 2.24) is 10.3 Å². The lowest BCUT2D eigenvalue weighted by atomic mass is 9.94. The molecule has 0 bridgehead atoms. The van der Waals surface area contributed by atoms with Crippen molar-refractivity contribution in [3.8, 4) is 5.75 Å². The van der Waals surface area contributed by atoms with Crippen molar-refractivity contribution in [3.63, 3.8) is 0 Å². The molecule has 4 rings (SSSR count). The van der Waals surface area contributed by atoms with Gasteiger partial charge in [0, 0.05) is 17.9 Å². The van der Waals surface area contributed by atoms with Crippen LogP contribution in [0.25, 0.3) is 0 Å². The van der Waals surface area contributed by atoms with Crippen molar-refractivity contribution < 1.29 is 14.3 Å². The molecule has 1 aliphatic rings. The van der Waals surface area contributed by atoms with E-state index in [-0.39, 0.29) is 23.6 Å². The first-order valence-electron chi connectivity index (χ1n) is 11.8. The molecule has 0 radical (unpaired) electrons. The molecule has 0 aliphatic heterocycles. The highest BCUT2D eigenvalue weighted by Gasteiger charge is 2.35. The summed E-state index contributed by atoms with van der Waals surface area (Å²) in [6.07, 6.45) is 6.91. The molecule has 1 fully saturated rings. The molecule has 1 aromatic heterocycles. The van der Waals surface area contributed by atoms with E-state index in [1.807, 2.05) is 55.5 Å². The molecule has 1 heterocycles. The van der Waals surface area contributed by atoms with Crippen LogP contribution in [-0.4, -0.2) is 29.9 Å². The first kappa shape index (κ1) is 23.5. The van der Waals surface area contributed by atoms with Crippen molar-refractivity contribution in [2.75, 3.05) is 12.0 Å². The Morgan fingerprint density at radius 2 is 1.68 bits per heavy atom.